The van der Waals surface area contributed by atoms with E-state index >= 15 is 0 Å². The fourth-order valence-corrected chi connectivity index (χ4v) is 2.19. The first-order valence-corrected chi connectivity index (χ1v) is 5.14. The van der Waals surface area contributed by atoms with Crippen molar-refractivity contribution >= 4 is 17.0 Å². The van der Waals surface area contributed by atoms with E-state index in [0.717, 1.165) is 25.7 Å². The summed E-state index contributed by atoms with van der Waals surface area (Å²) >= 11 is 5.55. The third kappa shape index (κ3) is 1.33. The van der Waals surface area contributed by atoms with Crippen LogP contribution < -0.4 is 0 Å². The Kier molecular flexibility index (Phi) is 2.26. The van der Waals surface area contributed by atoms with Crippen molar-refractivity contribution in [3.8, 4) is 0 Å². The summed E-state index contributed by atoms with van der Waals surface area (Å²) in [5, 5.41) is -0.232. The van der Waals surface area contributed by atoms with Crippen molar-refractivity contribution in [1.82, 2.24) is 4.90 Å². The Balaban J connectivity index is 1.95. The zero-order chi connectivity index (χ0) is 8.55. The smallest absolute Gasteiger partial charge is 0.316 e. The second kappa shape index (κ2) is 3.25. The maximum absolute atomic E-state index is 11.1. The zero-order valence-corrected chi connectivity index (χ0v) is 7.89. The number of rotatable bonds is 2. The Bertz CT molecular complexity index is 173. The molecule has 2 fully saturated rings. The lowest BCUT2D eigenvalue weighted by Gasteiger charge is -2.44. The quantitative estimate of drug-likeness (QED) is 0.481. The first-order valence-electron chi connectivity index (χ1n) is 4.77. The lowest BCUT2D eigenvalue weighted by Crippen LogP contribution is -2.50. The van der Waals surface area contributed by atoms with Crippen molar-refractivity contribution in [2.45, 2.75) is 50.6 Å². The standard InChI is InChI=1S/C9H14ClNO/c10-9(12)11(7-3-1-4-7)8-5-2-6-8/h7-8H,1-6H2. The van der Waals surface area contributed by atoms with Crippen molar-refractivity contribution < 1.29 is 4.79 Å². The molecule has 2 aliphatic rings. The molecule has 0 saturated heterocycles. The fraction of sp³-hybridized carbons (Fsp3) is 0.889. The lowest BCUT2D eigenvalue weighted by atomic mass is 9.85. The number of hydrogen-bond donors (Lipinski definition) is 0. The van der Waals surface area contributed by atoms with Gasteiger partial charge in [0.25, 0.3) is 0 Å². The van der Waals surface area contributed by atoms with Gasteiger partial charge in [0.15, 0.2) is 0 Å². The molecular formula is C9H14ClNO. The number of carbonyl (C=O) groups excluding carboxylic acids is 1. The number of halogens is 1. The number of carbonyl (C=O) groups is 1. The average molecular weight is 188 g/mol. The summed E-state index contributed by atoms with van der Waals surface area (Å²) in [6, 6.07) is 0.945. The molecule has 0 aromatic heterocycles. The summed E-state index contributed by atoms with van der Waals surface area (Å²) in [5.74, 6) is 0. The van der Waals surface area contributed by atoms with Crippen molar-refractivity contribution in [3.05, 3.63) is 0 Å². The third-order valence-electron chi connectivity index (χ3n) is 3.14. The van der Waals surface area contributed by atoms with E-state index in [1.807, 2.05) is 4.90 Å². The Labute approximate surface area is 77.9 Å². The van der Waals surface area contributed by atoms with Gasteiger partial charge in [-0.05, 0) is 50.1 Å². The van der Waals surface area contributed by atoms with E-state index in [1.54, 1.807) is 0 Å². The van der Waals surface area contributed by atoms with Crippen molar-refractivity contribution in [3.63, 3.8) is 0 Å². The molecule has 2 aliphatic carbocycles. The second-order valence-corrected chi connectivity index (χ2v) is 4.15. The van der Waals surface area contributed by atoms with Crippen LogP contribution in [0.3, 0.4) is 0 Å². The highest BCUT2D eigenvalue weighted by atomic mass is 35.5. The molecule has 0 N–H and O–H groups in total. The van der Waals surface area contributed by atoms with Crippen LogP contribution in [0.1, 0.15) is 38.5 Å². The first kappa shape index (κ1) is 8.36. The summed E-state index contributed by atoms with van der Waals surface area (Å²) in [7, 11) is 0. The van der Waals surface area contributed by atoms with Crippen LogP contribution in [0, 0.1) is 0 Å². The van der Waals surface area contributed by atoms with Gasteiger partial charge in [-0.1, -0.05) is 0 Å². The van der Waals surface area contributed by atoms with Crippen molar-refractivity contribution in [1.29, 1.82) is 0 Å². The van der Waals surface area contributed by atoms with Gasteiger partial charge >= 0.3 is 5.37 Å². The molecule has 0 aromatic rings. The molecule has 2 saturated carbocycles. The van der Waals surface area contributed by atoms with Gasteiger partial charge in [-0.15, -0.1) is 0 Å². The van der Waals surface area contributed by atoms with Gasteiger partial charge in [0.05, 0.1) is 0 Å². The monoisotopic (exact) mass is 187 g/mol. The van der Waals surface area contributed by atoms with Crippen LogP contribution in [-0.4, -0.2) is 22.3 Å². The molecule has 2 nitrogen and oxygen atoms in total. The molecule has 0 heterocycles. The molecule has 12 heavy (non-hydrogen) atoms. The maximum Gasteiger partial charge on any atom is 0.316 e. The van der Waals surface area contributed by atoms with E-state index < -0.39 is 0 Å². The van der Waals surface area contributed by atoms with E-state index in [4.69, 9.17) is 11.6 Å². The van der Waals surface area contributed by atoms with Crippen LogP contribution in [0.15, 0.2) is 0 Å². The largest absolute Gasteiger partial charge is 0.323 e. The predicted octanol–water partition coefficient (Wildman–Crippen LogP) is 2.75. The molecular weight excluding hydrogens is 174 g/mol. The molecule has 68 valence electrons. The molecule has 0 aromatic carbocycles. The minimum absolute atomic E-state index is 0.232. The van der Waals surface area contributed by atoms with Crippen LogP contribution in [0.25, 0.3) is 0 Å². The van der Waals surface area contributed by atoms with E-state index in [0.29, 0.717) is 12.1 Å². The fourth-order valence-electron chi connectivity index (χ4n) is 1.91. The normalized spacial score (nSPS) is 24.4. The Morgan fingerprint density at radius 2 is 1.50 bits per heavy atom. The Morgan fingerprint density at radius 3 is 1.67 bits per heavy atom. The van der Waals surface area contributed by atoms with Gasteiger partial charge in [0.1, 0.15) is 0 Å². The van der Waals surface area contributed by atoms with E-state index in [1.165, 1.54) is 12.8 Å². The predicted molar refractivity (Wildman–Crippen MR) is 48.4 cm³/mol. The number of hydrogen-bond acceptors (Lipinski definition) is 1. The van der Waals surface area contributed by atoms with E-state index in [9.17, 15) is 4.79 Å². The van der Waals surface area contributed by atoms with Crippen molar-refractivity contribution in [2.75, 3.05) is 0 Å². The SMILES string of the molecule is O=C(Cl)N(C1CCC1)C1CCC1. The van der Waals surface area contributed by atoms with Crippen molar-refractivity contribution in [2.24, 2.45) is 0 Å². The summed E-state index contributed by atoms with van der Waals surface area (Å²) in [4.78, 5) is 13.0. The summed E-state index contributed by atoms with van der Waals surface area (Å²) in [6.45, 7) is 0. The van der Waals surface area contributed by atoms with Gasteiger partial charge in [0.2, 0.25) is 0 Å². The molecule has 1 amide bonds. The van der Waals surface area contributed by atoms with Gasteiger partial charge in [-0.2, -0.15) is 0 Å². The Morgan fingerprint density at radius 1 is 1.08 bits per heavy atom. The van der Waals surface area contributed by atoms with Crippen LogP contribution in [-0.2, 0) is 0 Å². The van der Waals surface area contributed by atoms with Gasteiger partial charge < -0.3 is 4.90 Å². The third-order valence-corrected chi connectivity index (χ3v) is 3.33. The first-order chi connectivity index (χ1) is 5.79. The van der Waals surface area contributed by atoms with Crippen LogP contribution in [0.4, 0.5) is 4.79 Å². The number of amides is 1. The average Bonchev–Trinajstić information content (AvgIpc) is 1.77. The maximum atomic E-state index is 11.1. The minimum Gasteiger partial charge on any atom is -0.323 e. The molecule has 0 spiro atoms. The molecule has 2 rings (SSSR count). The highest BCUT2D eigenvalue weighted by molar-refractivity contribution is 6.62. The zero-order valence-electron chi connectivity index (χ0n) is 7.13. The molecule has 0 atom stereocenters. The summed E-state index contributed by atoms with van der Waals surface area (Å²) in [6.07, 6.45) is 7.17. The molecule has 0 radical (unpaired) electrons. The minimum atomic E-state index is -0.232. The molecule has 3 heteroatoms. The second-order valence-electron chi connectivity index (χ2n) is 3.83. The molecule has 0 bridgehead atoms. The van der Waals surface area contributed by atoms with Gasteiger partial charge in [-0.25, -0.2) is 0 Å². The summed E-state index contributed by atoms with van der Waals surface area (Å²) in [5.41, 5.74) is 0. The van der Waals surface area contributed by atoms with E-state index in [-0.39, 0.29) is 5.37 Å². The molecule has 0 aliphatic heterocycles. The number of nitrogens with zero attached hydrogens (tertiary/aromatic N) is 1. The highest BCUT2D eigenvalue weighted by Crippen LogP contribution is 2.34. The van der Waals surface area contributed by atoms with Crippen LogP contribution in [0.5, 0.6) is 0 Å². The summed E-state index contributed by atoms with van der Waals surface area (Å²) < 4.78 is 0. The lowest BCUT2D eigenvalue weighted by molar-refractivity contribution is 0.0843. The van der Waals surface area contributed by atoms with Crippen LogP contribution in [0.2, 0.25) is 0 Å². The van der Waals surface area contributed by atoms with E-state index in [2.05, 4.69) is 0 Å². The Hall–Kier alpha value is -0.240. The highest BCUT2D eigenvalue weighted by Gasteiger charge is 2.35. The molecule has 0 unspecified atom stereocenters. The van der Waals surface area contributed by atoms with Crippen LogP contribution >= 0.6 is 11.6 Å². The topological polar surface area (TPSA) is 20.3 Å². The van der Waals surface area contributed by atoms with Gasteiger partial charge in [0, 0.05) is 12.1 Å². The van der Waals surface area contributed by atoms with Gasteiger partial charge in [-0.3, -0.25) is 4.79 Å².